The number of thioether (sulfide) groups is 1. The van der Waals surface area contributed by atoms with Crippen LogP contribution in [0.5, 0.6) is 0 Å². The van der Waals surface area contributed by atoms with Crippen molar-refractivity contribution in [2.24, 2.45) is 28.6 Å². The van der Waals surface area contributed by atoms with Crippen LogP contribution < -0.4 is 0 Å². The van der Waals surface area contributed by atoms with Gasteiger partial charge in [0, 0.05) is 28.4 Å². The Bertz CT molecular complexity index is 1290. The molecule has 0 radical (unpaired) electrons. The second-order valence-electron chi connectivity index (χ2n) is 11.9. The lowest BCUT2D eigenvalue weighted by molar-refractivity contribution is -0.221. The summed E-state index contributed by atoms with van der Waals surface area (Å²) in [5, 5.41) is 22.1. The third-order valence-electron chi connectivity index (χ3n) is 10.0. The molecule has 0 unspecified atom stereocenters. The normalized spacial score (nSPS) is 42.2. The summed E-state index contributed by atoms with van der Waals surface area (Å²) in [5.74, 6) is -3.00. The summed E-state index contributed by atoms with van der Waals surface area (Å²) in [5.41, 5.74) is -6.71. The lowest BCUT2D eigenvalue weighted by Gasteiger charge is -2.63. The van der Waals surface area contributed by atoms with Crippen molar-refractivity contribution in [2.45, 2.75) is 63.6 Å². The first-order chi connectivity index (χ1) is 18.9. The highest BCUT2D eigenvalue weighted by molar-refractivity contribution is 8.14. The number of halogens is 2. The van der Waals surface area contributed by atoms with E-state index in [1.165, 1.54) is 36.5 Å². The fourth-order valence-corrected chi connectivity index (χ4v) is 9.86. The lowest BCUT2D eigenvalue weighted by Crippen LogP contribution is -2.70. The maximum absolute atomic E-state index is 17.5. The van der Waals surface area contributed by atoms with E-state index in [1.807, 2.05) is 0 Å². The fraction of sp³-hybridized carbons (Fsp3) is 0.567. The van der Waals surface area contributed by atoms with Gasteiger partial charge in [0.25, 0.3) is 0 Å². The van der Waals surface area contributed by atoms with Gasteiger partial charge in [-0.05, 0) is 61.3 Å². The van der Waals surface area contributed by atoms with Crippen molar-refractivity contribution < 1.29 is 38.1 Å². The highest BCUT2D eigenvalue weighted by Gasteiger charge is 2.78. The van der Waals surface area contributed by atoms with Gasteiger partial charge >= 0.3 is 5.97 Å². The number of thiophene rings is 1. The van der Waals surface area contributed by atoms with Gasteiger partial charge < -0.3 is 14.9 Å². The van der Waals surface area contributed by atoms with Crippen molar-refractivity contribution in [1.29, 1.82) is 0 Å². The number of rotatable bonds is 6. The minimum absolute atomic E-state index is 0.0325. The van der Waals surface area contributed by atoms with Gasteiger partial charge in [0.15, 0.2) is 17.1 Å². The van der Waals surface area contributed by atoms with Gasteiger partial charge in [-0.15, -0.1) is 11.3 Å². The second kappa shape index (κ2) is 10.3. The van der Waals surface area contributed by atoms with Crippen molar-refractivity contribution in [3.63, 3.8) is 0 Å². The Morgan fingerprint density at radius 1 is 1.25 bits per heavy atom. The monoisotopic (exact) mass is 592 g/mol. The maximum atomic E-state index is 17.5. The molecule has 0 amide bonds. The number of esters is 1. The topological polar surface area (TPSA) is 101 Å². The van der Waals surface area contributed by atoms with E-state index in [0.29, 0.717) is 11.3 Å². The number of aliphatic hydroxyl groups excluding tert-OH is 2. The summed E-state index contributed by atoms with van der Waals surface area (Å²) in [6.07, 6.45) is 3.53. The minimum atomic E-state index is -2.30. The number of aliphatic hydroxyl groups is 2. The highest BCUT2D eigenvalue weighted by atomic mass is 32.2. The number of hydrogen-bond donors (Lipinski definition) is 2. The van der Waals surface area contributed by atoms with Gasteiger partial charge in [0.1, 0.15) is 11.0 Å². The van der Waals surface area contributed by atoms with Crippen LogP contribution in [0.1, 0.15) is 49.7 Å². The van der Waals surface area contributed by atoms with E-state index in [9.17, 15) is 19.5 Å². The van der Waals surface area contributed by atoms with Gasteiger partial charge in [0.2, 0.25) is 5.12 Å². The lowest BCUT2D eigenvalue weighted by atomic mass is 9.44. The first kappa shape index (κ1) is 29.4. The van der Waals surface area contributed by atoms with E-state index in [0.717, 1.165) is 17.8 Å². The molecule has 9 atom stereocenters. The van der Waals surface area contributed by atoms with Crippen molar-refractivity contribution in [3.05, 3.63) is 58.3 Å². The quantitative estimate of drug-likeness (QED) is 0.354. The van der Waals surface area contributed by atoms with Crippen LogP contribution in [0.15, 0.2) is 53.5 Å². The number of carbonyl (C=O) groups excluding carboxylic acids is 3. The molecule has 0 aromatic carbocycles. The summed E-state index contributed by atoms with van der Waals surface area (Å²) in [4.78, 5) is 39.9. The van der Waals surface area contributed by atoms with E-state index >= 15 is 8.78 Å². The van der Waals surface area contributed by atoms with E-state index < -0.39 is 69.0 Å². The van der Waals surface area contributed by atoms with Crippen molar-refractivity contribution in [2.75, 3.05) is 12.4 Å². The van der Waals surface area contributed by atoms with Crippen LogP contribution in [-0.4, -0.2) is 63.0 Å². The van der Waals surface area contributed by atoms with Gasteiger partial charge in [-0.1, -0.05) is 49.9 Å². The number of ether oxygens (including phenoxy) is 1. The van der Waals surface area contributed by atoms with E-state index in [2.05, 4.69) is 0 Å². The maximum Gasteiger partial charge on any atom is 0.349 e. The molecule has 3 fully saturated rings. The predicted octanol–water partition coefficient (Wildman–Crippen LogP) is 5.02. The summed E-state index contributed by atoms with van der Waals surface area (Å²) in [7, 11) is 0. The standard InChI is InChI=1S/C30H34F2O6S2/c1-17-13-19-20-15-22(31)21-14-18(34)8-9-27(21,2)29(20,32)24(35)16-28(19,3)30(17,26(37)40-11-5-4-10-33)38-25(36)23-7-6-12-39-23/h4-9,12,14,17,19-20,22,24,33,35H,10-11,13,15-16H2,1-3H3/b5-4+/t17-,19+,20+,22+,24+,27+,28+,29+,30+/m1/s1. The molecule has 3 saturated carbocycles. The Kier molecular flexibility index (Phi) is 7.55. The number of fused-ring (bicyclic) bond motifs is 5. The van der Waals surface area contributed by atoms with Crippen LogP contribution in [0.2, 0.25) is 0 Å². The molecule has 4 aliphatic rings. The zero-order valence-corrected chi connectivity index (χ0v) is 24.3. The molecular formula is C30H34F2O6S2. The predicted molar refractivity (Wildman–Crippen MR) is 149 cm³/mol. The smallest absolute Gasteiger partial charge is 0.349 e. The van der Waals surface area contributed by atoms with E-state index in [-0.39, 0.29) is 30.8 Å². The first-order valence-corrected chi connectivity index (χ1v) is 15.4. The molecule has 40 heavy (non-hydrogen) atoms. The number of carbonyl (C=O) groups is 3. The Balaban J connectivity index is 1.61. The van der Waals surface area contributed by atoms with Gasteiger partial charge in [-0.2, -0.15) is 0 Å². The number of alkyl halides is 2. The average Bonchev–Trinajstić information content (AvgIpc) is 3.52. The van der Waals surface area contributed by atoms with Crippen LogP contribution in [0, 0.1) is 28.6 Å². The van der Waals surface area contributed by atoms with Crippen LogP contribution in [0.4, 0.5) is 8.78 Å². The molecule has 5 rings (SSSR count). The van der Waals surface area contributed by atoms with Crippen molar-refractivity contribution in [3.8, 4) is 0 Å². The number of hydrogen-bond acceptors (Lipinski definition) is 8. The Morgan fingerprint density at radius 3 is 2.67 bits per heavy atom. The van der Waals surface area contributed by atoms with Gasteiger partial charge in [0.05, 0.1) is 12.7 Å². The number of allylic oxidation sites excluding steroid dienone is 4. The van der Waals surface area contributed by atoms with Crippen LogP contribution in [0.25, 0.3) is 0 Å². The highest BCUT2D eigenvalue weighted by Crippen LogP contribution is 2.72. The average molecular weight is 593 g/mol. The van der Waals surface area contributed by atoms with E-state index in [1.54, 1.807) is 37.4 Å². The molecule has 10 heteroatoms. The summed E-state index contributed by atoms with van der Waals surface area (Å²) in [6, 6.07) is 3.30. The van der Waals surface area contributed by atoms with Gasteiger partial charge in [-0.3, -0.25) is 9.59 Å². The minimum Gasteiger partial charge on any atom is -0.445 e. The molecule has 0 bridgehead atoms. The largest absolute Gasteiger partial charge is 0.445 e. The van der Waals surface area contributed by atoms with Crippen LogP contribution in [-0.2, 0) is 14.3 Å². The molecule has 1 aromatic rings. The molecule has 216 valence electrons. The van der Waals surface area contributed by atoms with Crippen molar-refractivity contribution in [1.82, 2.24) is 0 Å². The van der Waals surface area contributed by atoms with Crippen molar-refractivity contribution >= 4 is 40.0 Å². The molecule has 4 aliphatic carbocycles. The van der Waals surface area contributed by atoms with Gasteiger partial charge in [-0.25, -0.2) is 13.6 Å². The molecule has 2 N–H and O–H groups in total. The Labute approximate surface area is 240 Å². The van der Waals surface area contributed by atoms with Crippen LogP contribution in [0.3, 0.4) is 0 Å². The molecule has 0 spiro atoms. The molecular weight excluding hydrogens is 558 g/mol. The Morgan fingerprint density at radius 2 is 2.00 bits per heavy atom. The second-order valence-corrected chi connectivity index (χ2v) is 13.8. The first-order valence-electron chi connectivity index (χ1n) is 13.5. The van der Waals surface area contributed by atoms with Crippen LogP contribution >= 0.6 is 23.1 Å². The molecule has 0 saturated heterocycles. The van der Waals surface area contributed by atoms with E-state index in [4.69, 9.17) is 9.84 Å². The fourth-order valence-electron chi connectivity index (χ4n) is 8.18. The summed E-state index contributed by atoms with van der Waals surface area (Å²) >= 11 is 2.12. The molecule has 0 aliphatic heterocycles. The Hall–Kier alpha value is -2.14. The third kappa shape index (κ3) is 3.96. The molecule has 6 nitrogen and oxygen atoms in total. The zero-order valence-electron chi connectivity index (χ0n) is 22.6. The molecule has 1 aromatic heterocycles. The zero-order chi connectivity index (χ0) is 29.1. The summed E-state index contributed by atoms with van der Waals surface area (Å²) < 4.78 is 39.5. The molecule has 1 heterocycles. The summed E-state index contributed by atoms with van der Waals surface area (Å²) in [6.45, 7) is 4.90. The number of ketones is 1. The SMILES string of the molecule is C[C@@H]1C[C@H]2[C@@H]3C[C@H](F)C4=CC(=O)C=C[C@]4(C)[C@@]3(F)[C@@H](O)C[C@]2(C)[C@@]1(OC(=O)c1cccs1)C(=O)SC/C=C/CO. The third-order valence-corrected chi connectivity index (χ3v) is 11.8.